The van der Waals surface area contributed by atoms with Crippen molar-refractivity contribution in [3.05, 3.63) is 83.5 Å². The number of carbonyl (C=O) groups is 1. The predicted octanol–water partition coefficient (Wildman–Crippen LogP) is 2.42. The molecule has 2 aromatic heterocycles. The van der Waals surface area contributed by atoms with E-state index >= 15 is 0 Å². The predicted molar refractivity (Wildman–Crippen MR) is 103 cm³/mol. The van der Waals surface area contributed by atoms with E-state index in [1.807, 2.05) is 42.5 Å². The molecule has 144 valence electrons. The average molecular weight is 378 g/mol. The average Bonchev–Trinajstić information content (AvgIpc) is 3.22. The number of carbonyl (C=O) groups excluding carboxylic acids is 1. The Morgan fingerprint density at radius 3 is 2.54 bits per heavy atom. The quantitative estimate of drug-likeness (QED) is 0.710. The van der Waals surface area contributed by atoms with Crippen LogP contribution in [0.5, 0.6) is 0 Å². The maximum atomic E-state index is 12.8. The molecule has 0 aliphatic carbocycles. The molecule has 3 heterocycles. The molecule has 0 bridgehead atoms. The number of rotatable bonds is 6. The lowest BCUT2D eigenvalue weighted by Gasteiger charge is -2.25. The van der Waals surface area contributed by atoms with Crippen molar-refractivity contribution in [1.29, 1.82) is 0 Å². The molecular weight excluding hydrogens is 356 g/mol. The third-order valence-electron chi connectivity index (χ3n) is 4.72. The Morgan fingerprint density at radius 2 is 1.79 bits per heavy atom. The number of amides is 1. The number of benzene rings is 1. The van der Waals surface area contributed by atoms with Gasteiger partial charge in [-0.1, -0.05) is 35.5 Å². The normalized spacial score (nSPS) is 15.9. The first kappa shape index (κ1) is 18.3. The number of nitrogens with one attached hydrogen (secondary N) is 1. The summed E-state index contributed by atoms with van der Waals surface area (Å²) in [5, 5.41) is 7.02. The van der Waals surface area contributed by atoms with Crippen LogP contribution in [-0.2, 0) is 11.3 Å². The van der Waals surface area contributed by atoms with Gasteiger partial charge in [0.2, 0.25) is 0 Å². The molecule has 1 aliphatic heterocycles. The van der Waals surface area contributed by atoms with Gasteiger partial charge in [-0.05, 0) is 23.3 Å². The molecule has 1 amide bonds. The van der Waals surface area contributed by atoms with Gasteiger partial charge >= 0.3 is 0 Å². The van der Waals surface area contributed by atoms with Crippen LogP contribution in [0.2, 0.25) is 0 Å². The number of aromatic nitrogens is 2. The van der Waals surface area contributed by atoms with Crippen molar-refractivity contribution in [3.8, 4) is 0 Å². The molecule has 0 spiro atoms. The number of pyridine rings is 1. The summed E-state index contributed by atoms with van der Waals surface area (Å²) in [5.41, 5.74) is 2.21. The fraction of sp³-hybridized carbons (Fsp3) is 0.286. The van der Waals surface area contributed by atoms with Crippen molar-refractivity contribution < 1.29 is 14.1 Å². The minimum Gasteiger partial charge on any atom is -0.379 e. The molecule has 4 rings (SSSR count). The lowest BCUT2D eigenvalue weighted by molar-refractivity contribution is 0.0305. The van der Waals surface area contributed by atoms with Gasteiger partial charge in [0.05, 0.1) is 25.8 Å². The molecular formula is C21H22N4O3. The number of morpholine rings is 1. The Bertz CT molecular complexity index is 853. The van der Waals surface area contributed by atoms with Crippen molar-refractivity contribution in [1.82, 2.24) is 20.4 Å². The Labute approximate surface area is 163 Å². The second kappa shape index (κ2) is 8.77. The second-order valence-corrected chi connectivity index (χ2v) is 6.66. The molecule has 7 heteroatoms. The van der Waals surface area contributed by atoms with Gasteiger partial charge < -0.3 is 14.6 Å². The molecule has 1 unspecified atom stereocenters. The number of hydrogen-bond acceptors (Lipinski definition) is 6. The highest BCUT2D eigenvalue weighted by Crippen LogP contribution is 2.22. The molecule has 1 aromatic carbocycles. The van der Waals surface area contributed by atoms with Crippen LogP contribution in [0.15, 0.2) is 65.4 Å². The van der Waals surface area contributed by atoms with E-state index < -0.39 is 0 Å². The fourth-order valence-electron chi connectivity index (χ4n) is 3.24. The SMILES string of the molecule is O=C(NC(c1ccccc1)c1ccncc1)c1cc(CN2CCOCC2)on1. The maximum Gasteiger partial charge on any atom is 0.274 e. The maximum absolute atomic E-state index is 12.8. The van der Waals surface area contributed by atoms with Gasteiger partial charge in [-0.2, -0.15) is 0 Å². The summed E-state index contributed by atoms with van der Waals surface area (Å²) in [6.45, 7) is 3.75. The minimum atomic E-state index is -0.295. The van der Waals surface area contributed by atoms with E-state index in [2.05, 4.69) is 20.4 Å². The van der Waals surface area contributed by atoms with Crippen LogP contribution in [-0.4, -0.2) is 47.3 Å². The van der Waals surface area contributed by atoms with Crippen LogP contribution in [0.25, 0.3) is 0 Å². The molecule has 3 aromatic rings. The third kappa shape index (κ3) is 4.44. The van der Waals surface area contributed by atoms with E-state index in [0.717, 1.165) is 24.2 Å². The molecule has 0 radical (unpaired) electrons. The molecule has 1 fully saturated rings. The van der Waals surface area contributed by atoms with Crippen LogP contribution < -0.4 is 5.32 Å². The highest BCUT2D eigenvalue weighted by molar-refractivity contribution is 5.92. The standard InChI is InChI=1S/C21H22N4O3/c26-21(19-14-18(28-24-19)15-25-10-12-27-13-11-25)23-20(16-4-2-1-3-5-16)17-6-8-22-9-7-17/h1-9,14,20H,10-13,15H2,(H,23,26). The first-order chi connectivity index (χ1) is 13.8. The molecule has 1 aliphatic rings. The van der Waals surface area contributed by atoms with Gasteiger partial charge in [0.25, 0.3) is 5.91 Å². The van der Waals surface area contributed by atoms with E-state index in [4.69, 9.17) is 9.26 Å². The highest BCUT2D eigenvalue weighted by atomic mass is 16.5. The van der Waals surface area contributed by atoms with Crippen LogP contribution in [0.1, 0.15) is 33.4 Å². The summed E-state index contributed by atoms with van der Waals surface area (Å²) >= 11 is 0. The van der Waals surface area contributed by atoms with Crippen LogP contribution in [0.4, 0.5) is 0 Å². The summed E-state index contributed by atoms with van der Waals surface area (Å²) in [5.74, 6) is 0.398. The van der Waals surface area contributed by atoms with Gasteiger partial charge in [-0.15, -0.1) is 0 Å². The second-order valence-electron chi connectivity index (χ2n) is 6.66. The molecule has 0 saturated carbocycles. The number of ether oxygens (including phenoxy) is 1. The van der Waals surface area contributed by atoms with Gasteiger partial charge in [-0.25, -0.2) is 0 Å². The zero-order chi connectivity index (χ0) is 19.2. The van der Waals surface area contributed by atoms with Crippen molar-refractivity contribution in [2.75, 3.05) is 26.3 Å². The van der Waals surface area contributed by atoms with Gasteiger partial charge in [-0.3, -0.25) is 14.7 Å². The van der Waals surface area contributed by atoms with Gasteiger partial charge in [0.15, 0.2) is 11.5 Å². The summed E-state index contributed by atoms with van der Waals surface area (Å²) in [6.07, 6.45) is 3.43. The zero-order valence-electron chi connectivity index (χ0n) is 15.5. The lowest BCUT2D eigenvalue weighted by atomic mass is 9.99. The van der Waals surface area contributed by atoms with Crippen molar-refractivity contribution in [2.45, 2.75) is 12.6 Å². The third-order valence-corrected chi connectivity index (χ3v) is 4.72. The van der Waals surface area contributed by atoms with Crippen molar-refractivity contribution in [3.63, 3.8) is 0 Å². The van der Waals surface area contributed by atoms with Crippen molar-refractivity contribution >= 4 is 5.91 Å². The Morgan fingerprint density at radius 1 is 1.07 bits per heavy atom. The topological polar surface area (TPSA) is 80.5 Å². The summed E-state index contributed by atoms with van der Waals surface area (Å²) < 4.78 is 10.7. The van der Waals surface area contributed by atoms with E-state index in [0.29, 0.717) is 25.5 Å². The number of hydrogen-bond donors (Lipinski definition) is 1. The fourth-order valence-corrected chi connectivity index (χ4v) is 3.24. The smallest absolute Gasteiger partial charge is 0.274 e. The Kier molecular flexibility index (Phi) is 5.75. The Hall–Kier alpha value is -3.03. The largest absolute Gasteiger partial charge is 0.379 e. The molecule has 1 N–H and O–H groups in total. The monoisotopic (exact) mass is 378 g/mol. The lowest BCUT2D eigenvalue weighted by Crippen LogP contribution is -2.35. The molecule has 7 nitrogen and oxygen atoms in total. The van der Waals surface area contributed by atoms with Gasteiger partial charge in [0.1, 0.15) is 0 Å². The zero-order valence-corrected chi connectivity index (χ0v) is 15.5. The van der Waals surface area contributed by atoms with Crippen LogP contribution in [0.3, 0.4) is 0 Å². The minimum absolute atomic E-state index is 0.275. The van der Waals surface area contributed by atoms with E-state index in [9.17, 15) is 4.79 Å². The first-order valence-corrected chi connectivity index (χ1v) is 9.31. The highest BCUT2D eigenvalue weighted by Gasteiger charge is 2.21. The summed E-state index contributed by atoms with van der Waals surface area (Å²) in [4.78, 5) is 19.1. The number of nitrogens with zero attached hydrogens (tertiary/aromatic N) is 3. The Balaban J connectivity index is 1.49. The first-order valence-electron chi connectivity index (χ1n) is 9.31. The van der Waals surface area contributed by atoms with Crippen molar-refractivity contribution in [2.24, 2.45) is 0 Å². The van der Waals surface area contributed by atoms with Crippen LogP contribution in [0, 0.1) is 0 Å². The summed E-state index contributed by atoms with van der Waals surface area (Å²) in [7, 11) is 0. The molecule has 1 atom stereocenters. The molecule has 28 heavy (non-hydrogen) atoms. The van der Waals surface area contributed by atoms with E-state index in [1.54, 1.807) is 18.5 Å². The van der Waals surface area contributed by atoms with E-state index in [-0.39, 0.29) is 17.6 Å². The van der Waals surface area contributed by atoms with Gasteiger partial charge in [0, 0.05) is 31.5 Å². The van der Waals surface area contributed by atoms with E-state index in [1.165, 1.54) is 0 Å². The molecule has 1 saturated heterocycles. The summed E-state index contributed by atoms with van der Waals surface area (Å²) in [6, 6.07) is 15.0. The van der Waals surface area contributed by atoms with Crippen LogP contribution >= 0.6 is 0 Å².